The van der Waals surface area contributed by atoms with Crippen molar-refractivity contribution < 1.29 is 9.59 Å². The molecule has 117 valence electrons. The van der Waals surface area contributed by atoms with Gasteiger partial charge in [0.15, 0.2) is 0 Å². The molecule has 0 atom stereocenters. The van der Waals surface area contributed by atoms with Gasteiger partial charge in [-0.2, -0.15) is 0 Å². The number of carbonyl (C=O) groups is 2. The third kappa shape index (κ3) is 6.27. The molecule has 0 saturated heterocycles. The van der Waals surface area contributed by atoms with Gasteiger partial charge in [-0.05, 0) is 0 Å². The van der Waals surface area contributed by atoms with E-state index in [9.17, 15) is 9.59 Å². The Kier molecular flexibility index (Phi) is 10.7. The molecule has 2 aromatic rings. The Balaban J connectivity index is 0.00000102. The van der Waals surface area contributed by atoms with Crippen molar-refractivity contribution in [3.05, 3.63) is 47.5 Å². The first kappa shape index (κ1) is 20.8. The standard InChI is InChI=1S/C11H7ClN3O2.2C2H6.Pb/c12-9-1-2-10(8(5-9)6-16)14-11(17)15-4-3-13-7-15;2*1-2;/h1-5,7H,(H,14,17);2*1-2H3;. The molecule has 3 radical (unpaired) electrons. The number of nitrogens with zero attached hydrogens (tertiary/aromatic N) is 2. The predicted octanol–water partition coefficient (Wildman–Crippen LogP) is 3.98. The summed E-state index contributed by atoms with van der Waals surface area (Å²) in [6.07, 6.45) is 4.40. The van der Waals surface area contributed by atoms with E-state index in [2.05, 4.69) is 10.3 Å². The second-order valence-corrected chi connectivity index (χ2v) is 5.62. The number of hydrogen-bond donors (Lipinski definition) is 1. The molecule has 1 aromatic heterocycles. The molecule has 2 rings (SSSR count). The molecule has 0 aliphatic heterocycles. The molecule has 0 aliphatic carbocycles. The molecule has 5 nitrogen and oxygen atoms in total. The fourth-order valence-corrected chi connectivity index (χ4v) is 2.35. The molecule has 0 spiro atoms. The molecule has 7 heteroatoms. The van der Waals surface area contributed by atoms with Gasteiger partial charge in [-0.1, -0.05) is 27.7 Å². The summed E-state index contributed by atoms with van der Waals surface area (Å²) in [6.45, 7) is 8.00. The van der Waals surface area contributed by atoms with E-state index >= 15 is 0 Å². The first-order valence-electron chi connectivity index (χ1n) is 6.93. The Labute approximate surface area is 151 Å². The van der Waals surface area contributed by atoms with Crippen LogP contribution < -0.4 is 5.32 Å². The number of anilines is 1. The minimum atomic E-state index is -0.376. The van der Waals surface area contributed by atoms with Gasteiger partial charge in [0, 0.05) is 0 Å². The second-order valence-electron chi connectivity index (χ2n) is 3.42. The summed E-state index contributed by atoms with van der Waals surface area (Å²) in [7, 11) is 0. The van der Waals surface area contributed by atoms with Crippen LogP contribution in [0.2, 0.25) is 5.02 Å². The molecule has 1 aromatic carbocycles. The number of imidazole rings is 1. The van der Waals surface area contributed by atoms with E-state index < -0.39 is 0 Å². The van der Waals surface area contributed by atoms with E-state index in [1.54, 1.807) is 18.2 Å². The summed E-state index contributed by atoms with van der Waals surface area (Å²) in [4.78, 5) is 27.1. The second kappa shape index (κ2) is 11.4. The fraction of sp³-hybridized carbons (Fsp3) is 0.267. The van der Waals surface area contributed by atoms with E-state index in [4.69, 9.17) is 11.6 Å². The minimum absolute atomic E-state index is 0.0292. The molecular formula is C15H19ClN3O2Pb. The van der Waals surface area contributed by atoms with Crippen molar-refractivity contribution in [3.63, 3.8) is 0 Å². The Morgan fingerprint density at radius 1 is 1.23 bits per heavy atom. The number of aromatic nitrogens is 2. The number of halogens is 1. The van der Waals surface area contributed by atoms with Crippen LogP contribution in [0.1, 0.15) is 38.1 Å². The van der Waals surface area contributed by atoms with E-state index in [0.717, 1.165) is 0 Å². The first-order valence-corrected chi connectivity index (χ1v) is 9.25. The van der Waals surface area contributed by atoms with Gasteiger partial charge in [0.05, 0.1) is 0 Å². The van der Waals surface area contributed by atoms with Crippen LogP contribution in [0, 0.1) is 0 Å². The summed E-state index contributed by atoms with van der Waals surface area (Å²) < 4.78 is 1.26. The Hall–Kier alpha value is -1.22. The van der Waals surface area contributed by atoms with Gasteiger partial charge in [-0.15, -0.1) is 0 Å². The van der Waals surface area contributed by atoms with Crippen molar-refractivity contribution in [2.45, 2.75) is 27.7 Å². The third-order valence-electron chi connectivity index (χ3n) is 2.21. The van der Waals surface area contributed by atoms with Crippen molar-refractivity contribution in [1.82, 2.24) is 9.55 Å². The quantitative estimate of drug-likeness (QED) is 0.615. The van der Waals surface area contributed by atoms with Crippen molar-refractivity contribution in [2.75, 3.05) is 5.32 Å². The van der Waals surface area contributed by atoms with E-state index in [1.165, 1.54) is 23.3 Å². The number of rotatable bonds is 2. The van der Waals surface area contributed by atoms with E-state index in [-0.39, 0.29) is 9.37 Å². The van der Waals surface area contributed by atoms with Gasteiger partial charge in [-0.3, -0.25) is 0 Å². The Morgan fingerprint density at radius 3 is 2.36 bits per heavy atom. The van der Waals surface area contributed by atoms with E-state index in [0.29, 0.717) is 42.0 Å². The number of amides is 1. The number of benzene rings is 1. The topological polar surface area (TPSA) is 64.0 Å². The van der Waals surface area contributed by atoms with Gasteiger partial charge >= 0.3 is 124 Å². The van der Waals surface area contributed by atoms with Gasteiger partial charge < -0.3 is 0 Å². The monoisotopic (exact) mass is 516 g/mol. The SMILES string of the molecule is CC.CC.O=[C]([Pb])c1cc(Cl)ccc1NC(=O)n1ccnc1. The average molecular weight is 516 g/mol. The molecule has 22 heavy (non-hydrogen) atoms. The molecule has 0 saturated carbocycles. The maximum absolute atomic E-state index is 11.8. The third-order valence-corrected chi connectivity index (χ3v) is 3.49. The molecular weight excluding hydrogens is 497 g/mol. The molecule has 0 aliphatic rings. The van der Waals surface area contributed by atoms with Crippen LogP contribution in [0.5, 0.6) is 0 Å². The maximum atomic E-state index is 11.8. The molecule has 0 bridgehead atoms. The average Bonchev–Trinajstić information content (AvgIpc) is 3.07. The van der Waals surface area contributed by atoms with E-state index in [1.807, 2.05) is 27.7 Å². The summed E-state index contributed by atoms with van der Waals surface area (Å²) >= 11 is 6.19. The summed E-state index contributed by atoms with van der Waals surface area (Å²) in [5, 5.41) is 3.12. The summed E-state index contributed by atoms with van der Waals surface area (Å²) in [6, 6.07) is 4.42. The Bertz CT molecular complexity index is 601. The van der Waals surface area contributed by atoms with Crippen LogP contribution in [0.15, 0.2) is 36.9 Å². The van der Waals surface area contributed by atoms with Crippen LogP contribution in [-0.4, -0.2) is 44.7 Å². The first-order chi connectivity index (χ1) is 10.6. The van der Waals surface area contributed by atoms with Crippen LogP contribution in [0.4, 0.5) is 10.5 Å². The van der Waals surface area contributed by atoms with Gasteiger partial charge in [0.1, 0.15) is 0 Å². The molecule has 1 heterocycles. The number of hydrogen-bond acceptors (Lipinski definition) is 3. The zero-order valence-electron chi connectivity index (χ0n) is 13.1. The zero-order chi connectivity index (χ0) is 17.1. The van der Waals surface area contributed by atoms with Crippen molar-refractivity contribution in [3.8, 4) is 0 Å². The van der Waals surface area contributed by atoms with Gasteiger partial charge in [0.25, 0.3) is 0 Å². The molecule has 0 fully saturated rings. The summed E-state index contributed by atoms with van der Waals surface area (Å²) in [5.74, 6) is 0. The van der Waals surface area contributed by atoms with Crippen molar-refractivity contribution >= 4 is 52.4 Å². The zero-order valence-corrected chi connectivity index (χ0v) is 17.7. The van der Waals surface area contributed by atoms with Crippen molar-refractivity contribution in [2.24, 2.45) is 0 Å². The Morgan fingerprint density at radius 2 is 1.86 bits per heavy atom. The van der Waals surface area contributed by atoms with Crippen LogP contribution in [0.3, 0.4) is 0 Å². The molecule has 1 amide bonds. The van der Waals surface area contributed by atoms with Crippen LogP contribution in [0.25, 0.3) is 0 Å². The number of nitrogens with one attached hydrogen (secondary N) is 1. The molecule has 0 unspecified atom stereocenters. The van der Waals surface area contributed by atoms with Crippen molar-refractivity contribution in [1.29, 1.82) is 0 Å². The summed E-state index contributed by atoms with van der Waals surface area (Å²) in [5.41, 5.74) is 0.890. The fourth-order valence-electron chi connectivity index (χ4n) is 1.37. The van der Waals surface area contributed by atoms with Gasteiger partial charge in [-0.25, -0.2) is 0 Å². The number of carbonyl (C=O) groups excluding carboxylic acids is 2. The van der Waals surface area contributed by atoms with Crippen LogP contribution >= 0.6 is 11.6 Å². The van der Waals surface area contributed by atoms with Gasteiger partial charge in [0.2, 0.25) is 0 Å². The van der Waals surface area contributed by atoms with Crippen LogP contribution in [-0.2, 0) is 0 Å². The molecule has 1 N–H and O–H groups in total. The predicted molar refractivity (Wildman–Crippen MR) is 90.9 cm³/mol. The normalized spacial score (nSPS) is 8.82.